The number of hydrogen-bond donors (Lipinski definition) is 1. The van der Waals surface area contributed by atoms with E-state index in [0.717, 1.165) is 11.3 Å². The van der Waals surface area contributed by atoms with Gasteiger partial charge in [0, 0.05) is 18.4 Å². The molecule has 0 fully saturated rings. The van der Waals surface area contributed by atoms with Crippen molar-refractivity contribution in [1.29, 1.82) is 0 Å². The SMILES string of the molecule is COC(c1nc(C)c(C(C)C)c(N)n1)C(C)C. The molecule has 0 saturated carbocycles. The predicted molar refractivity (Wildman–Crippen MR) is 69.9 cm³/mol. The first-order valence-electron chi connectivity index (χ1n) is 6.05. The van der Waals surface area contributed by atoms with Crippen LogP contribution < -0.4 is 5.73 Å². The lowest BCUT2D eigenvalue weighted by atomic mass is 10.0. The largest absolute Gasteiger partial charge is 0.383 e. The van der Waals surface area contributed by atoms with E-state index in [1.54, 1.807) is 7.11 Å². The van der Waals surface area contributed by atoms with E-state index in [2.05, 4.69) is 37.7 Å². The number of nitrogen functional groups attached to an aromatic ring is 1. The van der Waals surface area contributed by atoms with Crippen LogP contribution in [-0.4, -0.2) is 17.1 Å². The van der Waals surface area contributed by atoms with E-state index in [0.29, 0.717) is 23.5 Å². The van der Waals surface area contributed by atoms with E-state index in [-0.39, 0.29) is 6.10 Å². The Hall–Kier alpha value is -1.16. The van der Waals surface area contributed by atoms with Gasteiger partial charge < -0.3 is 10.5 Å². The molecule has 1 unspecified atom stereocenters. The number of aromatic nitrogens is 2. The monoisotopic (exact) mass is 237 g/mol. The molecule has 0 bridgehead atoms. The molecule has 1 atom stereocenters. The Labute approximate surface area is 104 Å². The average Bonchev–Trinajstić information content (AvgIpc) is 2.15. The van der Waals surface area contributed by atoms with Crippen molar-refractivity contribution in [3.05, 3.63) is 17.1 Å². The Morgan fingerprint density at radius 1 is 1.12 bits per heavy atom. The van der Waals surface area contributed by atoms with Crippen molar-refractivity contribution in [2.45, 2.75) is 46.6 Å². The molecule has 0 aliphatic rings. The first-order valence-corrected chi connectivity index (χ1v) is 6.05. The number of nitrogens with two attached hydrogens (primary N) is 1. The molecule has 0 aromatic carbocycles. The molecule has 4 heteroatoms. The fourth-order valence-corrected chi connectivity index (χ4v) is 2.14. The molecule has 96 valence electrons. The van der Waals surface area contributed by atoms with Gasteiger partial charge in [0.2, 0.25) is 0 Å². The van der Waals surface area contributed by atoms with Gasteiger partial charge in [-0.3, -0.25) is 0 Å². The van der Waals surface area contributed by atoms with Gasteiger partial charge in [0.15, 0.2) is 5.82 Å². The van der Waals surface area contributed by atoms with Gasteiger partial charge in [0.1, 0.15) is 11.9 Å². The first-order chi connectivity index (χ1) is 7.88. The molecule has 1 aromatic rings. The second-order valence-electron chi connectivity index (χ2n) is 5.02. The number of nitrogens with zero attached hydrogens (tertiary/aromatic N) is 2. The Balaban J connectivity index is 3.22. The van der Waals surface area contributed by atoms with Gasteiger partial charge in [-0.1, -0.05) is 27.7 Å². The molecule has 4 nitrogen and oxygen atoms in total. The Morgan fingerprint density at radius 3 is 2.06 bits per heavy atom. The summed E-state index contributed by atoms with van der Waals surface area (Å²) in [5.74, 6) is 1.92. The zero-order valence-corrected chi connectivity index (χ0v) is 11.6. The lowest BCUT2D eigenvalue weighted by molar-refractivity contribution is 0.0574. The minimum Gasteiger partial charge on any atom is -0.383 e. The molecule has 0 aliphatic carbocycles. The maximum absolute atomic E-state index is 6.01. The highest BCUT2D eigenvalue weighted by atomic mass is 16.5. The number of aryl methyl sites for hydroxylation is 1. The van der Waals surface area contributed by atoms with E-state index in [4.69, 9.17) is 10.5 Å². The maximum atomic E-state index is 6.01. The normalized spacial score (nSPS) is 13.4. The highest BCUT2D eigenvalue weighted by Crippen LogP contribution is 2.27. The summed E-state index contributed by atoms with van der Waals surface area (Å²) in [6.07, 6.45) is -0.0998. The van der Waals surface area contributed by atoms with Gasteiger partial charge in [-0.15, -0.1) is 0 Å². The van der Waals surface area contributed by atoms with Gasteiger partial charge in [-0.05, 0) is 18.8 Å². The van der Waals surface area contributed by atoms with Crippen molar-refractivity contribution in [2.24, 2.45) is 5.92 Å². The minimum absolute atomic E-state index is 0.0998. The van der Waals surface area contributed by atoms with Gasteiger partial charge in [-0.25, -0.2) is 9.97 Å². The Bertz CT molecular complexity index is 365. The Kier molecular flexibility index (Phi) is 4.46. The van der Waals surface area contributed by atoms with Crippen molar-refractivity contribution in [2.75, 3.05) is 12.8 Å². The van der Waals surface area contributed by atoms with Crippen LogP contribution in [0.25, 0.3) is 0 Å². The summed E-state index contributed by atoms with van der Waals surface area (Å²) in [6, 6.07) is 0. The van der Waals surface area contributed by atoms with Crippen LogP contribution >= 0.6 is 0 Å². The molecule has 0 radical (unpaired) electrons. The summed E-state index contributed by atoms with van der Waals surface area (Å²) in [6.45, 7) is 10.3. The molecule has 1 aromatic heterocycles. The number of ether oxygens (including phenoxy) is 1. The van der Waals surface area contributed by atoms with Crippen LogP contribution in [0, 0.1) is 12.8 Å². The van der Waals surface area contributed by atoms with Crippen LogP contribution in [0.2, 0.25) is 0 Å². The zero-order valence-electron chi connectivity index (χ0n) is 11.6. The molecule has 1 heterocycles. The highest BCUT2D eigenvalue weighted by Gasteiger charge is 2.21. The summed E-state index contributed by atoms with van der Waals surface area (Å²) >= 11 is 0. The summed E-state index contributed by atoms with van der Waals surface area (Å²) < 4.78 is 5.43. The van der Waals surface area contributed by atoms with Crippen molar-refractivity contribution in [1.82, 2.24) is 9.97 Å². The van der Waals surface area contributed by atoms with E-state index >= 15 is 0 Å². The average molecular weight is 237 g/mol. The second-order valence-corrected chi connectivity index (χ2v) is 5.02. The molecule has 0 saturated heterocycles. The molecule has 1 rings (SSSR count). The van der Waals surface area contributed by atoms with Crippen LogP contribution in [0.1, 0.15) is 56.8 Å². The van der Waals surface area contributed by atoms with Gasteiger partial charge in [0.05, 0.1) is 0 Å². The number of hydrogen-bond acceptors (Lipinski definition) is 4. The maximum Gasteiger partial charge on any atom is 0.159 e. The molecule has 0 aliphatic heterocycles. The lowest BCUT2D eigenvalue weighted by Gasteiger charge is -2.20. The first kappa shape index (κ1) is 13.9. The van der Waals surface area contributed by atoms with Gasteiger partial charge >= 0.3 is 0 Å². The number of rotatable bonds is 4. The van der Waals surface area contributed by atoms with Crippen molar-refractivity contribution >= 4 is 5.82 Å². The molecule has 2 N–H and O–H groups in total. The third kappa shape index (κ3) is 2.94. The third-order valence-corrected chi connectivity index (χ3v) is 2.87. The van der Waals surface area contributed by atoms with Crippen LogP contribution in [-0.2, 0) is 4.74 Å². The topological polar surface area (TPSA) is 61.0 Å². The fraction of sp³-hybridized carbons (Fsp3) is 0.692. The van der Waals surface area contributed by atoms with Crippen LogP contribution in [0.15, 0.2) is 0 Å². The summed E-state index contributed by atoms with van der Waals surface area (Å²) in [5.41, 5.74) is 7.99. The zero-order chi connectivity index (χ0) is 13.2. The predicted octanol–water partition coefficient (Wildman–Crippen LogP) is 2.83. The van der Waals surface area contributed by atoms with Crippen LogP contribution in [0.3, 0.4) is 0 Å². The second kappa shape index (κ2) is 5.45. The van der Waals surface area contributed by atoms with Crippen molar-refractivity contribution in [3.8, 4) is 0 Å². The molecular weight excluding hydrogens is 214 g/mol. The van der Waals surface area contributed by atoms with Gasteiger partial charge in [0.25, 0.3) is 0 Å². The molecule has 0 spiro atoms. The Morgan fingerprint density at radius 2 is 1.71 bits per heavy atom. The summed E-state index contributed by atoms with van der Waals surface area (Å²) in [5, 5.41) is 0. The van der Waals surface area contributed by atoms with E-state index in [1.807, 2.05) is 6.92 Å². The number of anilines is 1. The molecule has 0 amide bonds. The number of methoxy groups -OCH3 is 1. The molecule has 17 heavy (non-hydrogen) atoms. The van der Waals surface area contributed by atoms with Gasteiger partial charge in [-0.2, -0.15) is 0 Å². The fourth-order valence-electron chi connectivity index (χ4n) is 2.14. The minimum atomic E-state index is -0.0998. The quantitative estimate of drug-likeness (QED) is 0.874. The van der Waals surface area contributed by atoms with Crippen LogP contribution in [0.5, 0.6) is 0 Å². The van der Waals surface area contributed by atoms with Crippen LogP contribution in [0.4, 0.5) is 5.82 Å². The van der Waals surface area contributed by atoms with E-state index < -0.39 is 0 Å². The van der Waals surface area contributed by atoms with Crippen molar-refractivity contribution < 1.29 is 4.74 Å². The smallest absolute Gasteiger partial charge is 0.159 e. The standard InChI is InChI=1S/C13H23N3O/c1-7(2)10-9(5)15-13(16-12(10)14)11(17-6)8(3)4/h7-8,11H,1-6H3,(H2,14,15,16). The third-order valence-electron chi connectivity index (χ3n) is 2.87. The molecular formula is C13H23N3O. The highest BCUT2D eigenvalue weighted by molar-refractivity contribution is 5.44. The van der Waals surface area contributed by atoms with Crippen molar-refractivity contribution in [3.63, 3.8) is 0 Å². The lowest BCUT2D eigenvalue weighted by Crippen LogP contribution is -2.16. The summed E-state index contributed by atoms with van der Waals surface area (Å²) in [7, 11) is 1.68. The van der Waals surface area contributed by atoms with E-state index in [1.165, 1.54) is 0 Å². The summed E-state index contributed by atoms with van der Waals surface area (Å²) in [4.78, 5) is 8.92. The van der Waals surface area contributed by atoms with E-state index in [9.17, 15) is 0 Å².